The Morgan fingerprint density at radius 2 is 1.91 bits per heavy atom. The smallest absolute Gasteiger partial charge is 0.354 e. The van der Waals surface area contributed by atoms with Crippen LogP contribution in [0.25, 0.3) is 0 Å². The van der Waals surface area contributed by atoms with Crippen LogP contribution in [-0.4, -0.2) is 41.8 Å². The van der Waals surface area contributed by atoms with E-state index in [0.717, 1.165) is 17.7 Å². The van der Waals surface area contributed by atoms with Gasteiger partial charge in [0.15, 0.2) is 5.69 Å². The lowest BCUT2D eigenvalue weighted by atomic mass is 10.1. The van der Waals surface area contributed by atoms with Crippen LogP contribution in [-0.2, 0) is 6.42 Å². The quantitative estimate of drug-likeness (QED) is 0.806. The molecule has 7 nitrogen and oxygen atoms in total. The normalized spacial score (nSPS) is 10.1. The zero-order valence-corrected chi connectivity index (χ0v) is 12.4. The van der Waals surface area contributed by atoms with Gasteiger partial charge in [0.25, 0.3) is 0 Å². The predicted molar refractivity (Wildman–Crippen MR) is 80.7 cm³/mol. The molecule has 0 spiro atoms. The van der Waals surface area contributed by atoms with Gasteiger partial charge >= 0.3 is 12.0 Å². The maximum Gasteiger partial charge on any atom is 0.354 e. The number of carboxylic acid groups (broad SMARTS) is 1. The average Bonchev–Trinajstić information content (AvgIpc) is 2.55. The summed E-state index contributed by atoms with van der Waals surface area (Å²) in [5.41, 5.74) is 1.02. The number of methoxy groups -OCH3 is 2. The van der Waals surface area contributed by atoms with Crippen LogP contribution in [0.4, 0.5) is 5.82 Å². The molecular formula is C15H17N3O4. The van der Waals surface area contributed by atoms with Crippen LogP contribution >= 0.6 is 0 Å². The molecule has 0 saturated carbocycles. The number of rotatable bonds is 7. The zero-order chi connectivity index (χ0) is 15.9. The van der Waals surface area contributed by atoms with E-state index in [4.69, 9.17) is 14.6 Å². The van der Waals surface area contributed by atoms with Crippen LogP contribution in [0.15, 0.2) is 30.3 Å². The van der Waals surface area contributed by atoms with Gasteiger partial charge in [-0.2, -0.15) is 9.97 Å². The lowest BCUT2D eigenvalue weighted by Gasteiger charge is -2.08. The SMILES string of the molecule is COc1ccc(CCNc2cc(C(=O)O)nc(OC)n2)cc1. The van der Waals surface area contributed by atoms with Crippen molar-refractivity contribution in [1.29, 1.82) is 0 Å². The number of nitrogens with one attached hydrogen (secondary N) is 1. The van der Waals surface area contributed by atoms with Crippen LogP contribution in [0, 0.1) is 0 Å². The molecule has 1 aromatic carbocycles. The van der Waals surface area contributed by atoms with Crippen molar-refractivity contribution in [2.24, 2.45) is 0 Å². The summed E-state index contributed by atoms with van der Waals surface area (Å²) in [6.45, 7) is 0.603. The highest BCUT2D eigenvalue weighted by Crippen LogP contribution is 2.14. The van der Waals surface area contributed by atoms with Crippen LogP contribution in [0.2, 0.25) is 0 Å². The minimum atomic E-state index is -1.13. The predicted octanol–water partition coefficient (Wildman–Crippen LogP) is 1.85. The Hall–Kier alpha value is -2.83. The Morgan fingerprint density at radius 1 is 1.18 bits per heavy atom. The Labute approximate surface area is 127 Å². The highest BCUT2D eigenvalue weighted by Gasteiger charge is 2.10. The highest BCUT2D eigenvalue weighted by molar-refractivity contribution is 5.86. The monoisotopic (exact) mass is 303 g/mol. The van der Waals surface area contributed by atoms with Crippen LogP contribution in [0.1, 0.15) is 16.1 Å². The first-order chi connectivity index (χ1) is 10.6. The van der Waals surface area contributed by atoms with Crippen LogP contribution in [0.5, 0.6) is 11.8 Å². The molecule has 1 aromatic heterocycles. The first-order valence-corrected chi connectivity index (χ1v) is 6.65. The number of nitrogens with zero attached hydrogens (tertiary/aromatic N) is 2. The van der Waals surface area contributed by atoms with E-state index in [-0.39, 0.29) is 11.7 Å². The van der Waals surface area contributed by atoms with Crippen molar-refractivity contribution in [3.8, 4) is 11.8 Å². The molecule has 0 atom stereocenters. The number of carboxylic acids is 1. The van der Waals surface area contributed by atoms with Crippen molar-refractivity contribution in [3.63, 3.8) is 0 Å². The van der Waals surface area contributed by atoms with Crippen LogP contribution < -0.4 is 14.8 Å². The fourth-order valence-corrected chi connectivity index (χ4v) is 1.84. The van der Waals surface area contributed by atoms with Gasteiger partial charge in [0, 0.05) is 12.6 Å². The van der Waals surface area contributed by atoms with Gasteiger partial charge in [0.2, 0.25) is 0 Å². The number of hydrogen-bond acceptors (Lipinski definition) is 6. The zero-order valence-electron chi connectivity index (χ0n) is 12.4. The maximum atomic E-state index is 11.0. The van der Waals surface area contributed by atoms with Gasteiger partial charge in [0.05, 0.1) is 14.2 Å². The topological polar surface area (TPSA) is 93.6 Å². The molecule has 22 heavy (non-hydrogen) atoms. The van der Waals surface area contributed by atoms with Gasteiger partial charge in [-0.3, -0.25) is 0 Å². The van der Waals surface area contributed by atoms with E-state index in [0.29, 0.717) is 12.4 Å². The van der Waals surface area contributed by atoms with E-state index >= 15 is 0 Å². The standard InChI is InChI=1S/C15H17N3O4/c1-21-11-5-3-10(4-6-11)7-8-16-13-9-12(14(19)20)17-15(18-13)22-2/h3-6,9H,7-8H2,1-2H3,(H,19,20)(H,16,17,18). The number of hydrogen-bond donors (Lipinski definition) is 2. The maximum absolute atomic E-state index is 11.0. The third-order valence-corrected chi connectivity index (χ3v) is 2.99. The molecule has 2 N–H and O–H groups in total. The van der Waals surface area contributed by atoms with Gasteiger partial charge in [-0.05, 0) is 24.1 Å². The Morgan fingerprint density at radius 3 is 2.50 bits per heavy atom. The number of benzene rings is 1. The first kappa shape index (κ1) is 15.6. The average molecular weight is 303 g/mol. The molecule has 0 saturated heterocycles. The second kappa shape index (κ2) is 7.26. The van der Waals surface area contributed by atoms with Crippen molar-refractivity contribution in [2.45, 2.75) is 6.42 Å². The van der Waals surface area contributed by atoms with E-state index in [9.17, 15) is 4.79 Å². The summed E-state index contributed by atoms with van der Waals surface area (Å²) in [5, 5.41) is 12.1. The van der Waals surface area contributed by atoms with Gasteiger partial charge < -0.3 is 19.9 Å². The van der Waals surface area contributed by atoms with Crippen molar-refractivity contribution in [1.82, 2.24) is 9.97 Å². The van der Waals surface area contributed by atoms with E-state index in [2.05, 4.69) is 15.3 Å². The Kier molecular flexibility index (Phi) is 5.13. The number of aromatic nitrogens is 2. The van der Waals surface area contributed by atoms with E-state index in [1.807, 2.05) is 24.3 Å². The molecule has 116 valence electrons. The van der Waals surface area contributed by atoms with Gasteiger partial charge in [-0.1, -0.05) is 12.1 Å². The van der Waals surface area contributed by atoms with Gasteiger partial charge in [0.1, 0.15) is 11.6 Å². The molecular weight excluding hydrogens is 286 g/mol. The molecule has 2 rings (SSSR count). The minimum Gasteiger partial charge on any atom is -0.497 e. The molecule has 0 radical (unpaired) electrons. The fourth-order valence-electron chi connectivity index (χ4n) is 1.84. The van der Waals surface area contributed by atoms with E-state index < -0.39 is 5.97 Å². The molecule has 0 amide bonds. The summed E-state index contributed by atoms with van der Waals surface area (Å²) in [6.07, 6.45) is 0.763. The molecule has 0 fully saturated rings. The summed E-state index contributed by atoms with van der Waals surface area (Å²) >= 11 is 0. The highest BCUT2D eigenvalue weighted by atomic mass is 16.5. The first-order valence-electron chi connectivity index (χ1n) is 6.65. The fraction of sp³-hybridized carbons (Fsp3) is 0.267. The third-order valence-electron chi connectivity index (χ3n) is 2.99. The summed E-state index contributed by atoms with van der Waals surface area (Å²) in [7, 11) is 3.02. The lowest BCUT2D eigenvalue weighted by Crippen LogP contribution is -2.10. The number of carbonyl (C=O) groups is 1. The van der Waals surface area contributed by atoms with Crippen molar-refractivity contribution in [2.75, 3.05) is 26.1 Å². The van der Waals surface area contributed by atoms with Gasteiger partial charge in [-0.25, -0.2) is 4.79 Å². The molecule has 0 bridgehead atoms. The second-order valence-electron chi connectivity index (χ2n) is 4.46. The molecule has 7 heteroatoms. The second-order valence-corrected chi connectivity index (χ2v) is 4.46. The Balaban J connectivity index is 1.98. The largest absolute Gasteiger partial charge is 0.497 e. The molecule has 0 aliphatic heterocycles. The molecule has 1 heterocycles. The molecule has 0 aliphatic rings. The number of ether oxygens (including phenoxy) is 2. The van der Waals surface area contributed by atoms with Crippen molar-refractivity contribution in [3.05, 3.63) is 41.6 Å². The summed E-state index contributed by atoms with van der Waals surface area (Å²) < 4.78 is 10.00. The van der Waals surface area contributed by atoms with E-state index in [1.165, 1.54) is 13.2 Å². The van der Waals surface area contributed by atoms with Gasteiger partial charge in [-0.15, -0.1) is 0 Å². The summed E-state index contributed by atoms with van der Waals surface area (Å²) in [5.74, 6) is 0.0972. The number of anilines is 1. The van der Waals surface area contributed by atoms with Crippen molar-refractivity contribution < 1.29 is 19.4 Å². The Bertz CT molecular complexity index is 644. The number of aromatic carboxylic acids is 1. The minimum absolute atomic E-state index is 0.0202. The lowest BCUT2D eigenvalue weighted by molar-refractivity contribution is 0.0689. The van der Waals surface area contributed by atoms with E-state index in [1.54, 1.807) is 7.11 Å². The van der Waals surface area contributed by atoms with Crippen molar-refractivity contribution >= 4 is 11.8 Å². The summed E-state index contributed by atoms with van der Waals surface area (Å²) in [6, 6.07) is 9.13. The molecule has 0 unspecified atom stereocenters. The van der Waals surface area contributed by atoms with Crippen LogP contribution in [0.3, 0.4) is 0 Å². The summed E-state index contributed by atoms with van der Waals surface area (Å²) in [4.78, 5) is 18.8. The third kappa shape index (κ3) is 4.08. The molecule has 0 aliphatic carbocycles. The molecule has 2 aromatic rings.